The molecule has 1 saturated heterocycles. The summed E-state index contributed by atoms with van der Waals surface area (Å²) < 4.78 is 33.5. The Morgan fingerprint density at radius 3 is 1.66 bits per heavy atom. The maximum absolute atomic E-state index is 6.88. The molecule has 0 radical (unpaired) electrons. The van der Waals surface area contributed by atoms with Crippen molar-refractivity contribution in [2.24, 2.45) is 4.99 Å². The highest BCUT2D eigenvalue weighted by atomic mass is 28.4. The second-order valence-corrected chi connectivity index (χ2v) is 31.2. The molecular formula is C25H49NO5Si4. The van der Waals surface area contributed by atoms with Crippen molar-refractivity contribution in [1.29, 1.82) is 0 Å². The zero-order valence-corrected chi connectivity index (χ0v) is 28.0. The van der Waals surface area contributed by atoms with Gasteiger partial charge in [-0.05, 0) is 84.1 Å². The Morgan fingerprint density at radius 2 is 1.17 bits per heavy atom. The van der Waals surface area contributed by atoms with Crippen molar-refractivity contribution in [2.75, 3.05) is 6.61 Å². The Hall–Kier alpha value is -0.442. The molecule has 35 heavy (non-hydrogen) atoms. The van der Waals surface area contributed by atoms with Gasteiger partial charge in [-0.2, -0.15) is 0 Å². The second kappa shape index (κ2) is 12.0. The van der Waals surface area contributed by atoms with Crippen molar-refractivity contribution < 1.29 is 22.4 Å². The first-order valence-electron chi connectivity index (χ1n) is 12.7. The fourth-order valence-electron chi connectivity index (χ4n) is 3.81. The molecule has 2 rings (SSSR count). The third-order valence-corrected chi connectivity index (χ3v) is 8.90. The highest BCUT2D eigenvalue weighted by Crippen LogP contribution is 2.34. The predicted octanol–water partition coefficient (Wildman–Crippen LogP) is 6.34. The zero-order chi connectivity index (χ0) is 26.7. The van der Waals surface area contributed by atoms with E-state index >= 15 is 0 Å². The molecule has 0 aromatic heterocycles. The Morgan fingerprint density at radius 1 is 0.686 bits per heavy atom. The fourth-order valence-corrected chi connectivity index (χ4v) is 7.73. The van der Waals surface area contributed by atoms with Crippen LogP contribution in [0.4, 0.5) is 0 Å². The molecule has 0 unspecified atom stereocenters. The molecule has 1 aromatic rings. The van der Waals surface area contributed by atoms with Crippen LogP contribution in [0.3, 0.4) is 0 Å². The topological polar surface area (TPSA) is 58.5 Å². The first-order chi connectivity index (χ1) is 15.8. The normalized spacial score (nSPS) is 26.9. The van der Waals surface area contributed by atoms with E-state index in [1.165, 1.54) is 0 Å². The molecular weight excluding hydrogens is 507 g/mol. The van der Waals surface area contributed by atoms with Gasteiger partial charge in [-0.15, -0.1) is 0 Å². The van der Waals surface area contributed by atoms with E-state index in [4.69, 9.17) is 27.4 Å². The van der Waals surface area contributed by atoms with Gasteiger partial charge in [-0.1, -0.05) is 30.3 Å². The van der Waals surface area contributed by atoms with Gasteiger partial charge in [0, 0.05) is 6.21 Å². The lowest BCUT2D eigenvalue weighted by molar-refractivity contribution is -0.211. The van der Waals surface area contributed by atoms with Gasteiger partial charge in [0.1, 0.15) is 24.4 Å². The standard InChI is InChI=1S/C25H49NO5Si4/c1-32(2,3)27-19-21-22(29-33(4,5)6)23(30-34(7,8)9)24(31-35(10,11)12)25(28-21)26-18-20-16-14-13-15-17-20/h13-18,21-25H,19H2,1-12H3/b26-18+/t21-,22-,23+,24-,25-/m0/s1. The van der Waals surface area contributed by atoms with Crippen molar-refractivity contribution in [2.45, 2.75) is 109 Å². The van der Waals surface area contributed by atoms with Crippen molar-refractivity contribution in [3.05, 3.63) is 35.9 Å². The quantitative estimate of drug-likeness (QED) is 0.235. The summed E-state index contributed by atoms with van der Waals surface area (Å²) in [6.45, 7) is 26.9. The van der Waals surface area contributed by atoms with E-state index in [0.29, 0.717) is 6.61 Å². The van der Waals surface area contributed by atoms with Gasteiger partial charge in [0.2, 0.25) is 0 Å². The van der Waals surface area contributed by atoms with Crippen LogP contribution in [0.15, 0.2) is 35.3 Å². The van der Waals surface area contributed by atoms with Gasteiger partial charge in [-0.25, -0.2) is 0 Å². The zero-order valence-electron chi connectivity index (χ0n) is 24.0. The Kier molecular flexibility index (Phi) is 10.5. The molecule has 0 amide bonds. The van der Waals surface area contributed by atoms with Crippen LogP contribution in [0.5, 0.6) is 0 Å². The summed E-state index contributed by atoms with van der Waals surface area (Å²) in [4.78, 5) is 4.92. The highest BCUT2D eigenvalue weighted by Gasteiger charge is 2.51. The first-order valence-corrected chi connectivity index (χ1v) is 26.4. The van der Waals surface area contributed by atoms with E-state index < -0.39 is 39.5 Å². The summed E-state index contributed by atoms with van der Waals surface area (Å²) in [5.74, 6) is 0. The Bertz CT molecular complexity index is 812. The molecule has 5 atom stereocenters. The molecule has 0 aliphatic carbocycles. The number of rotatable bonds is 11. The number of benzene rings is 1. The maximum atomic E-state index is 6.88. The van der Waals surface area contributed by atoms with Crippen LogP contribution in [-0.4, -0.2) is 76.7 Å². The Labute approximate surface area is 218 Å². The van der Waals surface area contributed by atoms with Gasteiger partial charge < -0.3 is 22.4 Å². The number of hydrogen-bond acceptors (Lipinski definition) is 6. The van der Waals surface area contributed by atoms with E-state index in [0.717, 1.165) is 5.56 Å². The minimum atomic E-state index is -1.96. The average Bonchev–Trinajstić information content (AvgIpc) is 2.66. The van der Waals surface area contributed by atoms with Crippen LogP contribution in [-0.2, 0) is 22.4 Å². The molecule has 1 aromatic carbocycles. The van der Waals surface area contributed by atoms with Crippen molar-refractivity contribution in [3.8, 4) is 0 Å². The second-order valence-electron chi connectivity index (χ2n) is 13.3. The molecule has 200 valence electrons. The van der Waals surface area contributed by atoms with Gasteiger partial charge in [0.05, 0.1) is 6.61 Å². The molecule has 1 fully saturated rings. The summed E-state index contributed by atoms with van der Waals surface area (Å²) in [7, 11) is -7.61. The third-order valence-electron chi connectivity index (χ3n) is 4.93. The van der Waals surface area contributed by atoms with Crippen molar-refractivity contribution in [3.63, 3.8) is 0 Å². The smallest absolute Gasteiger partial charge is 0.184 e. The van der Waals surface area contributed by atoms with Crippen LogP contribution in [0.25, 0.3) is 0 Å². The molecule has 0 spiro atoms. The summed E-state index contributed by atoms with van der Waals surface area (Å²) >= 11 is 0. The minimum absolute atomic E-state index is 0.269. The lowest BCUT2D eigenvalue weighted by Gasteiger charge is -2.50. The van der Waals surface area contributed by atoms with Crippen molar-refractivity contribution >= 4 is 39.5 Å². The summed E-state index contributed by atoms with van der Waals surface area (Å²) in [6, 6.07) is 10.1. The van der Waals surface area contributed by atoms with Crippen LogP contribution in [0, 0.1) is 0 Å². The number of nitrogens with zero attached hydrogens (tertiary/aromatic N) is 1. The Balaban J connectivity index is 2.54. The fraction of sp³-hybridized carbons (Fsp3) is 0.720. The van der Waals surface area contributed by atoms with Crippen LogP contribution in [0.1, 0.15) is 5.56 Å². The predicted molar refractivity (Wildman–Crippen MR) is 157 cm³/mol. The van der Waals surface area contributed by atoms with E-state index in [2.05, 4.69) is 78.6 Å². The monoisotopic (exact) mass is 555 g/mol. The first kappa shape index (κ1) is 30.8. The molecule has 1 heterocycles. The van der Waals surface area contributed by atoms with Crippen LogP contribution in [0.2, 0.25) is 78.6 Å². The number of hydrogen-bond donors (Lipinski definition) is 0. The molecule has 0 saturated carbocycles. The SMILES string of the molecule is C[Si](C)(C)OC[C@@H]1O[C@H](/N=C/c2ccccc2)[C@@H](O[Si](C)(C)C)[C@H](O[Si](C)(C)C)[C@H]1O[Si](C)(C)C. The highest BCUT2D eigenvalue weighted by molar-refractivity contribution is 6.71. The minimum Gasteiger partial charge on any atom is -0.415 e. The van der Waals surface area contributed by atoms with Gasteiger partial charge in [-0.3, -0.25) is 4.99 Å². The number of ether oxygens (including phenoxy) is 1. The summed E-state index contributed by atoms with van der Waals surface area (Å²) in [6.07, 6.45) is 0.204. The lowest BCUT2D eigenvalue weighted by Crippen LogP contribution is -2.65. The summed E-state index contributed by atoms with van der Waals surface area (Å²) in [5.41, 5.74) is 1.03. The average molecular weight is 556 g/mol. The molecule has 10 heteroatoms. The van der Waals surface area contributed by atoms with Gasteiger partial charge in [0.15, 0.2) is 39.5 Å². The van der Waals surface area contributed by atoms with E-state index in [1.54, 1.807) is 0 Å². The third kappa shape index (κ3) is 11.7. The van der Waals surface area contributed by atoms with E-state index in [1.807, 2.05) is 36.5 Å². The maximum Gasteiger partial charge on any atom is 0.184 e. The molecule has 0 N–H and O–H groups in total. The lowest BCUT2D eigenvalue weighted by atomic mass is 9.98. The molecule has 0 bridgehead atoms. The van der Waals surface area contributed by atoms with Crippen LogP contribution < -0.4 is 0 Å². The number of aliphatic imine (C=N–C) groups is 1. The van der Waals surface area contributed by atoms with Crippen molar-refractivity contribution in [1.82, 2.24) is 0 Å². The van der Waals surface area contributed by atoms with E-state index in [9.17, 15) is 0 Å². The van der Waals surface area contributed by atoms with Gasteiger partial charge in [0.25, 0.3) is 0 Å². The summed E-state index contributed by atoms with van der Waals surface area (Å²) in [5, 5.41) is 0. The van der Waals surface area contributed by atoms with Gasteiger partial charge >= 0.3 is 0 Å². The molecule has 1 aliphatic rings. The van der Waals surface area contributed by atoms with Crippen LogP contribution >= 0.6 is 0 Å². The van der Waals surface area contributed by atoms with E-state index in [-0.39, 0.29) is 24.4 Å². The molecule has 6 nitrogen and oxygen atoms in total. The molecule has 1 aliphatic heterocycles. The largest absolute Gasteiger partial charge is 0.415 e.